The molecule has 0 amide bonds. The smallest absolute Gasteiger partial charge is 0.237 e. The Bertz CT molecular complexity index is 798. The van der Waals surface area contributed by atoms with E-state index in [4.69, 9.17) is 4.74 Å². The molecule has 1 heterocycles. The maximum Gasteiger partial charge on any atom is 0.237 e. The molecule has 0 spiro atoms. The second kappa shape index (κ2) is 10.2. The minimum absolute atomic E-state index is 0.236. The highest BCUT2D eigenvalue weighted by Gasteiger charge is 2.18. The van der Waals surface area contributed by atoms with E-state index in [1.54, 1.807) is 18.3 Å². The predicted molar refractivity (Wildman–Crippen MR) is 113 cm³/mol. The molecule has 0 radical (unpaired) electrons. The van der Waals surface area contributed by atoms with Crippen molar-refractivity contribution in [2.45, 2.75) is 45.1 Å². The van der Waals surface area contributed by atoms with Crippen LogP contribution in [0.4, 0.5) is 8.78 Å². The van der Waals surface area contributed by atoms with Crippen molar-refractivity contribution in [1.29, 1.82) is 0 Å². The van der Waals surface area contributed by atoms with E-state index in [0.29, 0.717) is 22.4 Å². The van der Waals surface area contributed by atoms with Crippen LogP contribution in [0.2, 0.25) is 0 Å². The van der Waals surface area contributed by atoms with Crippen molar-refractivity contribution in [2.24, 2.45) is 4.99 Å². The standard InChI is InChI=1S/C20H24F2IN3O2/c1-20(2,3)28-19(27)26-18(23)25-11-9-14(17-6-4-5-10-24-17)13-7-8-15(21)16(22)12-13/h4-8,10,12,14,19,27H,9,11H2,1-3H3,(H,25,26). The molecular weight excluding hydrogens is 479 g/mol. The maximum absolute atomic E-state index is 13.7. The minimum atomic E-state index is -1.17. The summed E-state index contributed by atoms with van der Waals surface area (Å²) in [7, 11) is 0. The molecule has 2 N–H and O–H groups in total. The number of amidine groups is 1. The van der Waals surface area contributed by atoms with Gasteiger partial charge in [0.25, 0.3) is 0 Å². The molecule has 0 saturated heterocycles. The molecule has 0 saturated carbocycles. The van der Waals surface area contributed by atoms with Gasteiger partial charge in [0.1, 0.15) is 0 Å². The summed E-state index contributed by atoms with van der Waals surface area (Å²) in [6.07, 6.45) is 1.03. The molecule has 0 bridgehead atoms. The zero-order chi connectivity index (χ0) is 20.7. The Balaban J connectivity index is 2.08. The average Bonchev–Trinajstić information content (AvgIpc) is 2.60. The Labute approximate surface area is 177 Å². The SMILES string of the molecule is CC(C)(C)OC(O)NC(I)=NCCC(c1ccc(F)c(F)c1)c1ccccn1. The van der Waals surface area contributed by atoms with Crippen LogP contribution in [0.5, 0.6) is 0 Å². The van der Waals surface area contributed by atoms with Crippen LogP contribution in [0.15, 0.2) is 47.6 Å². The summed E-state index contributed by atoms with van der Waals surface area (Å²) in [4.78, 5) is 8.73. The van der Waals surface area contributed by atoms with Crippen molar-refractivity contribution >= 4 is 26.4 Å². The van der Waals surface area contributed by atoms with Gasteiger partial charge in [0.2, 0.25) is 6.41 Å². The number of aliphatic hydroxyl groups excluding tert-OH is 1. The van der Waals surface area contributed by atoms with Crippen molar-refractivity contribution in [3.05, 3.63) is 65.5 Å². The Morgan fingerprint density at radius 3 is 2.61 bits per heavy atom. The lowest BCUT2D eigenvalue weighted by molar-refractivity contribution is -0.172. The topological polar surface area (TPSA) is 66.7 Å². The van der Waals surface area contributed by atoms with Gasteiger partial charge in [-0.15, -0.1) is 0 Å². The van der Waals surface area contributed by atoms with Crippen LogP contribution >= 0.6 is 22.6 Å². The number of hydrogen-bond acceptors (Lipinski definition) is 4. The van der Waals surface area contributed by atoms with Crippen LogP contribution in [0, 0.1) is 11.6 Å². The molecule has 2 rings (SSSR count). The van der Waals surface area contributed by atoms with E-state index in [9.17, 15) is 13.9 Å². The highest BCUT2D eigenvalue weighted by atomic mass is 127. The number of aliphatic hydroxyl groups is 1. The largest absolute Gasteiger partial charge is 0.351 e. The first-order valence-corrected chi connectivity index (χ1v) is 9.92. The number of aliphatic imine (C=N–C) groups is 1. The summed E-state index contributed by atoms with van der Waals surface area (Å²) in [6, 6.07) is 9.38. The zero-order valence-electron chi connectivity index (χ0n) is 16.0. The predicted octanol–water partition coefficient (Wildman–Crippen LogP) is 4.35. The number of halogens is 3. The molecule has 152 valence electrons. The summed E-state index contributed by atoms with van der Waals surface area (Å²) in [5, 5.41) is 12.6. The summed E-state index contributed by atoms with van der Waals surface area (Å²) in [6.45, 7) is 5.90. The van der Waals surface area contributed by atoms with E-state index in [2.05, 4.69) is 15.3 Å². The van der Waals surface area contributed by atoms with Crippen LogP contribution in [0.3, 0.4) is 0 Å². The van der Waals surface area contributed by atoms with Gasteiger partial charge in [0.15, 0.2) is 15.5 Å². The van der Waals surface area contributed by atoms with Gasteiger partial charge in [-0.3, -0.25) is 9.98 Å². The minimum Gasteiger partial charge on any atom is -0.351 e. The van der Waals surface area contributed by atoms with Crippen molar-refractivity contribution in [3.63, 3.8) is 0 Å². The molecule has 8 heteroatoms. The number of rotatable bonds is 7. The molecule has 2 aromatic rings. The lowest BCUT2D eigenvalue weighted by Crippen LogP contribution is -2.39. The molecular formula is C20H24F2IN3O2. The van der Waals surface area contributed by atoms with E-state index >= 15 is 0 Å². The Kier molecular flexibility index (Phi) is 8.26. The lowest BCUT2D eigenvalue weighted by Gasteiger charge is -2.24. The molecule has 28 heavy (non-hydrogen) atoms. The first-order valence-electron chi connectivity index (χ1n) is 8.84. The van der Waals surface area contributed by atoms with Gasteiger partial charge in [-0.1, -0.05) is 12.1 Å². The number of hydrogen-bond donors (Lipinski definition) is 2. The maximum atomic E-state index is 13.7. The van der Waals surface area contributed by atoms with Gasteiger partial charge < -0.3 is 15.2 Å². The fourth-order valence-corrected chi connectivity index (χ4v) is 3.11. The van der Waals surface area contributed by atoms with E-state index in [0.717, 1.165) is 11.8 Å². The van der Waals surface area contributed by atoms with E-state index in [1.807, 2.05) is 55.5 Å². The van der Waals surface area contributed by atoms with Crippen LogP contribution in [-0.4, -0.2) is 32.5 Å². The third kappa shape index (κ3) is 7.40. The first kappa shape index (κ1) is 22.6. The van der Waals surface area contributed by atoms with Crippen LogP contribution in [0.1, 0.15) is 44.4 Å². The van der Waals surface area contributed by atoms with E-state index in [1.165, 1.54) is 6.07 Å². The van der Waals surface area contributed by atoms with E-state index < -0.39 is 23.6 Å². The Hall–Kier alpha value is -1.65. The molecule has 2 atom stereocenters. The molecule has 0 aliphatic rings. The Morgan fingerprint density at radius 1 is 1.25 bits per heavy atom. The van der Waals surface area contributed by atoms with Gasteiger partial charge in [-0.05, 0) is 79.6 Å². The summed E-state index contributed by atoms with van der Waals surface area (Å²) < 4.78 is 32.9. The van der Waals surface area contributed by atoms with Gasteiger partial charge >= 0.3 is 0 Å². The molecule has 1 aromatic carbocycles. The van der Waals surface area contributed by atoms with Gasteiger partial charge in [0.05, 0.1) is 5.60 Å². The van der Waals surface area contributed by atoms with Gasteiger partial charge in [-0.2, -0.15) is 0 Å². The molecule has 0 aliphatic carbocycles. The fraction of sp³-hybridized carbons (Fsp3) is 0.400. The van der Waals surface area contributed by atoms with E-state index in [-0.39, 0.29) is 5.92 Å². The van der Waals surface area contributed by atoms with Gasteiger partial charge in [0, 0.05) is 24.4 Å². The highest BCUT2D eigenvalue weighted by Crippen LogP contribution is 2.27. The average molecular weight is 503 g/mol. The molecule has 2 unspecified atom stereocenters. The quantitative estimate of drug-likeness (QED) is 0.194. The third-order valence-electron chi connectivity index (χ3n) is 3.77. The number of pyridine rings is 1. The summed E-state index contributed by atoms with van der Waals surface area (Å²) in [5.41, 5.74) is 0.884. The van der Waals surface area contributed by atoms with Crippen LogP contribution in [0.25, 0.3) is 0 Å². The second-order valence-electron chi connectivity index (χ2n) is 7.17. The fourth-order valence-electron chi connectivity index (χ4n) is 2.60. The molecule has 0 aliphatic heterocycles. The number of nitrogens with zero attached hydrogens (tertiary/aromatic N) is 2. The van der Waals surface area contributed by atoms with Gasteiger partial charge in [-0.25, -0.2) is 8.78 Å². The number of benzene rings is 1. The summed E-state index contributed by atoms with van der Waals surface area (Å²) in [5.74, 6) is -2.01. The van der Waals surface area contributed by atoms with Crippen molar-refractivity contribution in [2.75, 3.05) is 6.54 Å². The molecule has 1 aromatic heterocycles. The molecule has 5 nitrogen and oxygen atoms in total. The highest BCUT2D eigenvalue weighted by molar-refractivity contribution is 14.1. The second-order valence-corrected chi connectivity index (χ2v) is 8.19. The number of ether oxygens (including phenoxy) is 1. The van der Waals surface area contributed by atoms with Crippen molar-refractivity contribution < 1.29 is 18.6 Å². The number of aromatic nitrogens is 1. The normalized spacial score (nSPS) is 14.6. The monoisotopic (exact) mass is 503 g/mol. The van der Waals surface area contributed by atoms with Crippen molar-refractivity contribution in [1.82, 2.24) is 10.3 Å². The summed E-state index contributed by atoms with van der Waals surface area (Å²) >= 11 is 1.97. The van der Waals surface area contributed by atoms with Crippen LogP contribution in [-0.2, 0) is 4.74 Å². The Morgan fingerprint density at radius 2 is 2.00 bits per heavy atom. The third-order valence-corrected chi connectivity index (χ3v) is 4.42. The first-order chi connectivity index (χ1) is 13.2. The molecule has 0 fully saturated rings. The zero-order valence-corrected chi connectivity index (χ0v) is 18.2. The van der Waals surface area contributed by atoms with Crippen LogP contribution < -0.4 is 5.32 Å². The lowest BCUT2D eigenvalue weighted by atomic mass is 9.92. The number of nitrogens with one attached hydrogen (secondary N) is 1. The van der Waals surface area contributed by atoms with Crippen molar-refractivity contribution in [3.8, 4) is 0 Å².